The fourth-order valence-corrected chi connectivity index (χ4v) is 3.36. The Morgan fingerprint density at radius 1 is 1.05 bits per heavy atom. The van der Waals surface area contributed by atoms with Gasteiger partial charge in [-0.05, 0) is 24.3 Å². The molecule has 0 radical (unpaired) electrons. The summed E-state index contributed by atoms with van der Waals surface area (Å²) in [6, 6.07) is 10.4. The summed E-state index contributed by atoms with van der Waals surface area (Å²) < 4.78 is 0. The Morgan fingerprint density at radius 2 is 1.67 bits per heavy atom. The third kappa shape index (κ3) is 3.85. The Hall–Kier alpha value is -0.900. The van der Waals surface area contributed by atoms with Gasteiger partial charge in [-0.1, -0.05) is 37.3 Å². The molecule has 0 bridgehead atoms. The predicted molar refractivity (Wildman–Crippen MR) is 86.5 cm³/mol. The van der Waals surface area contributed by atoms with Crippen LogP contribution in [0.1, 0.15) is 25.3 Å². The van der Waals surface area contributed by atoms with E-state index in [0.717, 1.165) is 25.6 Å². The molecule has 1 unspecified atom stereocenters. The van der Waals surface area contributed by atoms with Gasteiger partial charge in [0.2, 0.25) is 0 Å². The smallest absolute Gasteiger partial charge is 0.0537 e. The number of benzene rings is 1. The van der Waals surface area contributed by atoms with Crippen molar-refractivity contribution in [2.75, 3.05) is 45.9 Å². The van der Waals surface area contributed by atoms with Crippen molar-refractivity contribution in [2.24, 2.45) is 5.92 Å². The lowest BCUT2D eigenvalue weighted by Gasteiger charge is -2.40. The molecule has 21 heavy (non-hydrogen) atoms. The van der Waals surface area contributed by atoms with Crippen molar-refractivity contribution in [3.05, 3.63) is 35.9 Å². The lowest BCUT2D eigenvalue weighted by atomic mass is 9.82. The highest BCUT2D eigenvalue weighted by molar-refractivity contribution is 5.25. The van der Waals surface area contributed by atoms with Crippen LogP contribution in [0.25, 0.3) is 0 Å². The van der Waals surface area contributed by atoms with E-state index in [0.29, 0.717) is 0 Å². The molecule has 0 aromatic heterocycles. The summed E-state index contributed by atoms with van der Waals surface area (Å²) in [6.07, 6.45) is 2.88. The monoisotopic (exact) mass is 288 g/mol. The molecule has 3 rings (SSSR count). The Balaban J connectivity index is 1.55. The maximum absolute atomic E-state index is 9.91. The summed E-state index contributed by atoms with van der Waals surface area (Å²) in [6.45, 7) is 9.29. The van der Waals surface area contributed by atoms with Crippen LogP contribution >= 0.6 is 0 Å². The number of nitrogens with zero attached hydrogens (tertiary/aromatic N) is 2. The predicted octanol–water partition coefficient (Wildman–Crippen LogP) is 1.96. The summed E-state index contributed by atoms with van der Waals surface area (Å²) in [5.74, 6) is 0.989. The summed E-state index contributed by atoms with van der Waals surface area (Å²) >= 11 is 0. The summed E-state index contributed by atoms with van der Waals surface area (Å²) in [5, 5.41) is 9.91. The number of hydrogen-bond donors (Lipinski definition) is 1. The SMILES string of the molecule is CC(CO)(CN1CCN(CC2CC2)CC1)c1ccccc1. The lowest BCUT2D eigenvalue weighted by Crippen LogP contribution is -2.51. The van der Waals surface area contributed by atoms with Gasteiger partial charge in [0.05, 0.1) is 6.61 Å². The van der Waals surface area contributed by atoms with Crippen LogP contribution < -0.4 is 0 Å². The second-order valence-electron chi connectivity index (χ2n) is 7.10. The van der Waals surface area contributed by atoms with E-state index in [1.54, 1.807) is 0 Å². The average Bonchev–Trinajstić information content (AvgIpc) is 3.34. The first-order chi connectivity index (χ1) is 10.2. The van der Waals surface area contributed by atoms with Gasteiger partial charge in [-0.3, -0.25) is 4.90 Å². The summed E-state index contributed by atoms with van der Waals surface area (Å²) in [7, 11) is 0. The minimum absolute atomic E-state index is 0.153. The summed E-state index contributed by atoms with van der Waals surface area (Å²) in [5.41, 5.74) is 1.09. The van der Waals surface area contributed by atoms with E-state index in [-0.39, 0.29) is 12.0 Å². The van der Waals surface area contributed by atoms with Crippen LogP contribution in [-0.2, 0) is 5.41 Å². The minimum Gasteiger partial charge on any atom is -0.395 e. The van der Waals surface area contributed by atoms with Gasteiger partial charge in [0.15, 0.2) is 0 Å². The molecule has 1 saturated carbocycles. The lowest BCUT2D eigenvalue weighted by molar-refractivity contribution is 0.0888. The molecule has 1 aromatic carbocycles. The molecule has 3 nitrogen and oxygen atoms in total. The van der Waals surface area contributed by atoms with Crippen LogP contribution in [0.3, 0.4) is 0 Å². The fraction of sp³-hybridized carbons (Fsp3) is 0.667. The number of rotatable bonds is 6. The van der Waals surface area contributed by atoms with Crippen LogP contribution in [0.4, 0.5) is 0 Å². The highest BCUT2D eigenvalue weighted by Crippen LogP contribution is 2.30. The van der Waals surface area contributed by atoms with Gasteiger partial charge >= 0.3 is 0 Å². The van der Waals surface area contributed by atoms with Gasteiger partial charge in [0.1, 0.15) is 0 Å². The second-order valence-corrected chi connectivity index (χ2v) is 7.10. The van der Waals surface area contributed by atoms with E-state index in [4.69, 9.17) is 0 Å². The molecule has 0 spiro atoms. The van der Waals surface area contributed by atoms with Crippen LogP contribution in [0.2, 0.25) is 0 Å². The Kier molecular flexibility index (Phi) is 4.63. The molecule has 2 fully saturated rings. The largest absolute Gasteiger partial charge is 0.395 e. The Bertz CT molecular complexity index is 438. The second kappa shape index (κ2) is 6.47. The highest BCUT2D eigenvalue weighted by Gasteiger charge is 2.31. The van der Waals surface area contributed by atoms with Crippen molar-refractivity contribution in [2.45, 2.75) is 25.2 Å². The Morgan fingerprint density at radius 3 is 2.24 bits per heavy atom. The van der Waals surface area contributed by atoms with Gasteiger partial charge in [-0.2, -0.15) is 0 Å². The van der Waals surface area contributed by atoms with E-state index in [1.807, 2.05) is 6.07 Å². The molecule has 1 aromatic rings. The molecule has 3 heteroatoms. The van der Waals surface area contributed by atoms with Crippen LogP contribution in [0.15, 0.2) is 30.3 Å². The van der Waals surface area contributed by atoms with E-state index in [1.165, 1.54) is 38.0 Å². The van der Waals surface area contributed by atoms with E-state index in [2.05, 4.69) is 41.0 Å². The number of aliphatic hydroxyl groups excluding tert-OH is 1. The van der Waals surface area contributed by atoms with Crippen molar-refractivity contribution in [1.82, 2.24) is 9.80 Å². The van der Waals surface area contributed by atoms with E-state index >= 15 is 0 Å². The standard InChI is InChI=1S/C18H28N2O/c1-18(15-21,17-5-3-2-4-6-17)14-20-11-9-19(10-12-20)13-16-7-8-16/h2-6,16,21H,7-15H2,1H3. The quantitative estimate of drug-likeness (QED) is 0.867. The number of aliphatic hydroxyl groups is 1. The minimum atomic E-state index is -0.153. The molecule has 1 saturated heterocycles. The first kappa shape index (κ1) is 15.0. The third-order valence-corrected chi connectivity index (χ3v) is 5.07. The first-order valence-corrected chi connectivity index (χ1v) is 8.31. The van der Waals surface area contributed by atoms with Crippen molar-refractivity contribution in [1.29, 1.82) is 0 Å². The zero-order chi connectivity index (χ0) is 14.7. The normalized spacial score (nSPS) is 23.9. The van der Waals surface area contributed by atoms with Gasteiger partial charge in [-0.25, -0.2) is 0 Å². The molecule has 2 aliphatic rings. The zero-order valence-electron chi connectivity index (χ0n) is 13.2. The third-order valence-electron chi connectivity index (χ3n) is 5.07. The van der Waals surface area contributed by atoms with Crippen LogP contribution in [0.5, 0.6) is 0 Å². The van der Waals surface area contributed by atoms with Crippen molar-refractivity contribution >= 4 is 0 Å². The van der Waals surface area contributed by atoms with E-state index < -0.39 is 0 Å². The molecular weight excluding hydrogens is 260 g/mol. The molecular formula is C18H28N2O. The molecule has 0 amide bonds. The highest BCUT2D eigenvalue weighted by atomic mass is 16.3. The van der Waals surface area contributed by atoms with Gasteiger partial charge in [-0.15, -0.1) is 0 Å². The van der Waals surface area contributed by atoms with Gasteiger partial charge in [0, 0.05) is 44.7 Å². The van der Waals surface area contributed by atoms with Gasteiger partial charge < -0.3 is 10.0 Å². The molecule has 116 valence electrons. The molecule has 1 heterocycles. The topological polar surface area (TPSA) is 26.7 Å². The molecule has 1 N–H and O–H groups in total. The van der Waals surface area contributed by atoms with Crippen molar-refractivity contribution in [3.63, 3.8) is 0 Å². The molecule has 1 aliphatic heterocycles. The molecule has 1 aliphatic carbocycles. The first-order valence-electron chi connectivity index (χ1n) is 8.31. The number of piperazine rings is 1. The van der Waals surface area contributed by atoms with E-state index in [9.17, 15) is 5.11 Å². The van der Waals surface area contributed by atoms with Crippen molar-refractivity contribution < 1.29 is 5.11 Å². The Labute approximate surface area is 128 Å². The fourth-order valence-electron chi connectivity index (χ4n) is 3.36. The van der Waals surface area contributed by atoms with Crippen LogP contribution in [-0.4, -0.2) is 60.8 Å². The average molecular weight is 288 g/mol. The summed E-state index contributed by atoms with van der Waals surface area (Å²) in [4.78, 5) is 5.14. The van der Waals surface area contributed by atoms with Crippen molar-refractivity contribution in [3.8, 4) is 0 Å². The number of hydrogen-bond acceptors (Lipinski definition) is 3. The van der Waals surface area contributed by atoms with Crippen LogP contribution in [0, 0.1) is 5.92 Å². The molecule has 1 atom stereocenters. The maximum atomic E-state index is 9.91. The maximum Gasteiger partial charge on any atom is 0.0537 e. The van der Waals surface area contributed by atoms with Gasteiger partial charge in [0.25, 0.3) is 0 Å². The zero-order valence-corrected chi connectivity index (χ0v) is 13.2.